The van der Waals surface area contributed by atoms with Crippen molar-refractivity contribution in [3.05, 3.63) is 123 Å². The van der Waals surface area contributed by atoms with Crippen molar-refractivity contribution in [3.63, 3.8) is 0 Å². The first-order valence-electron chi connectivity index (χ1n) is 15.1. The molecule has 0 aliphatic rings. The average Bonchev–Trinajstić information content (AvgIpc) is 3.03. The fourth-order valence-corrected chi connectivity index (χ4v) is 6.79. The molecule has 254 valence electrons. The Hall–Kier alpha value is -5.47. The number of fused-ring (bicyclic) bond motifs is 1. The van der Waals surface area contributed by atoms with Gasteiger partial charge in [-0.15, -0.1) is 0 Å². The Kier molecular flexibility index (Phi) is 10.2. The molecule has 0 fully saturated rings. The summed E-state index contributed by atoms with van der Waals surface area (Å²) in [5.41, 5.74) is 6.34. The Bertz CT molecular complexity index is 2150. The molecule has 2 atom stereocenters. The number of halogens is 2. The number of benzene rings is 3. The fraction of sp³-hybridized carbons (Fsp3) is 0.200. The molecule has 0 radical (unpaired) electrons. The van der Waals surface area contributed by atoms with E-state index in [1.54, 1.807) is 26.0 Å². The second kappa shape index (κ2) is 14.3. The zero-order chi connectivity index (χ0) is 35.6. The van der Waals surface area contributed by atoms with E-state index in [0.29, 0.717) is 17.5 Å². The minimum atomic E-state index is -2.82. The van der Waals surface area contributed by atoms with Crippen LogP contribution < -0.4 is 20.8 Å². The molecule has 0 saturated carbocycles. The van der Waals surface area contributed by atoms with E-state index in [1.165, 1.54) is 22.8 Å². The number of nitrogens with zero attached hydrogens (tertiary/aromatic N) is 3. The van der Waals surface area contributed by atoms with Crippen LogP contribution in [0.2, 0.25) is 0 Å². The smallest absolute Gasteiger partial charge is 0.329 e. The lowest BCUT2D eigenvalue weighted by Crippen LogP contribution is -2.50. The third-order valence-electron chi connectivity index (χ3n) is 8.06. The van der Waals surface area contributed by atoms with Gasteiger partial charge in [-0.05, 0) is 62.1 Å². The lowest BCUT2D eigenvalue weighted by molar-refractivity contribution is -0.138. The highest BCUT2D eigenvalue weighted by molar-refractivity contribution is 7.80. The van der Waals surface area contributed by atoms with E-state index >= 15 is 8.78 Å². The first-order valence-corrected chi connectivity index (χ1v) is 16.2. The molecule has 0 aliphatic carbocycles. The third kappa shape index (κ3) is 7.20. The molecule has 2 aromatic heterocycles. The zero-order valence-electron chi connectivity index (χ0n) is 26.7. The van der Waals surface area contributed by atoms with E-state index in [0.717, 1.165) is 27.7 Å². The maximum Gasteiger partial charge on any atom is 0.329 e. The SMILES string of the molecule is Cc1cc(C)c(N(C(CNC(=O)c2cn(CCc3ccccc3)c3c(F)c(-c4cccc(N)n4)c(F)cc3c2=O)C(=O)O)S(=O)O)c(C)c1. The minimum Gasteiger partial charge on any atom is -0.480 e. The van der Waals surface area contributed by atoms with Gasteiger partial charge in [0.25, 0.3) is 17.2 Å². The summed E-state index contributed by atoms with van der Waals surface area (Å²) in [6.45, 7) is 4.51. The Balaban J connectivity index is 1.58. The number of anilines is 2. The normalized spacial score (nSPS) is 12.4. The van der Waals surface area contributed by atoms with Crippen molar-refractivity contribution in [1.82, 2.24) is 14.9 Å². The molecule has 2 unspecified atom stereocenters. The van der Waals surface area contributed by atoms with Crippen LogP contribution in [0.5, 0.6) is 0 Å². The highest BCUT2D eigenvalue weighted by Crippen LogP contribution is 2.32. The van der Waals surface area contributed by atoms with Crippen LogP contribution in [0, 0.1) is 32.4 Å². The molecule has 2 heterocycles. The predicted octanol–water partition coefficient (Wildman–Crippen LogP) is 4.92. The van der Waals surface area contributed by atoms with Crippen LogP contribution in [0.4, 0.5) is 20.3 Å². The van der Waals surface area contributed by atoms with Gasteiger partial charge in [0.15, 0.2) is 11.9 Å². The van der Waals surface area contributed by atoms with Crippen molar-refractivity contribution in [2.24, 2.45) is 0 Å². The molecular formula is C35H33F2N5O6S. The van der Waals surface area contributed by atoms with Crippen LogP contribution in [0.25, 0.3) is 22.2 Å². The highest BCUT2D eigenvalue weighted by Gasteiger charge is 2.33. The van der Waals surface area contributed by atoms with Gasteiger partial charge in [0.2, 0.25) is 5.43 Å². The number of amides is 1. The number of carbonyl (C=O) groups excluding carboxylic acids is 1. The molecule has 0 aliphatic heterocycles. The molecule has 1 amide bonds. The molecule has 0 saturated heterocycles. The van der Waals surface area contributed by atoms with Crippen LogP contribution in [0.1, 0.15) is 32.6 Å². The monoisotopic (exact) mass is 689 g/mol. The van der Waals surface area contributed by atoms with E-state index in [1.807, 2.05) is 37.3 Å². The van der Waals surface area contributed by atoms with E-state index < -0.39 is 69.3 Å². The first kappa shape index (κ1) is 34.9. The fourth-order valence-electron chi connectivity index (χ4n) is 5.96. The van der Waals surface area contributed by atoms with Crippen molar-refractivity contribution in [3.8, 4) is 11.3 Å². The Labute approximate surface area is 282 Å². The van der Waals surface area contributed by atoms with Gasteiger partial charge < -0.3 is 20.7 Å². The number of aryl methyl sites for hydroxylation is 5. The number of aromatic nitrogens is 2. The molecule has 3 aromatic carbocycles. The summed E-state index contributed by atoms with van der Waals surface area (Å²) in [5.74, 6) is -4.73. The maximum absolute atomic E-state index is 16.3. The van der Waals surface area contributed by atoms with Crippen molar-refractivity contribution in [2.45, 2.75) is 39.8 Å². The van der Waals surface area contributed by atoms with Gasteiger partial charge in [-0.2, -0.15) is 0 Å². The number of nitrogens with one attached hydrogen (secondary N) is 1. The van der Waals surface area contributed by atoms with E-state index in [9.17, 15) is 28.3 Å². The number of pyridine rings is 2. The first-order chi connectivity index (χ1) is 23.3. The highest BCUT2D eigenvalue weighted by atomic mass is 32.2. The molecule has 11 nitrogen and oxygen atoms in total. The Morgan fingerprint density at radius 2 is 1.71 bits per heavy atom. The lowest BCUT2D eigenvalue weighted by atomic mass is 10.0. The van der Waals surface area contributed by atoms with Gasteiger partial charge >= 0.3 is 5.97 Å². The number of hydrogen-bond donors (Lipinski definition) is 4. The standard InChI is InChI=1S/C35H33F2N5O6S/c1-19-14-20(2)31(21(3)15-19)42(49(47)48)27(35(45)46)17-39-34(44)24-18-41(13-12-22-8-5-4-6-9-22)32-23(33(24)43)16-25(36)29(30(32)37)26-10-7-11-28(38)40-26/h4-11,14-16,18,27H,12-13,17H2,1-3H3,(H2,38,40)(H,39,44)(H,45,46)(H,47,48). The lowest BCUT2D eigenvalue weighted by Gasteiger charge is -2.30. The van der Waals surface area contributed by atoms with Gasteiger partial charge in [0.1, 0.15) is 17.2 Å². The van der Waals surface area contributed by atoms with Crippen LogP contribution in [0.15, 0.2) is 77.7 Å². The second-order valence-electron chi connectivity index (χ2n) is 11.6. The minimum absolute atomic E-state index is 0.0286. The number of carboxylic acids is 1. The van der Waals surface area contributed by atoms with Crippen molar-refractivity contribution in [2.75, 3.05) is 16.6 Å². The molecule has 5 rings (SSSR count). The topological polar surface area (TPSA) is 168 Å². The number of aliphatic carboxylic acids is 1. The van der Waals surface area contributed by atoms with E-state index in [2.05, 4.69) is 10.3 Å². The van der Waals surface area contributed by atoms with Crippen molar-refractivity contribution < 1.29 is 32.2 Å². The van der Waals surface area contributed by atoms with Crippen LogP contribution in [-0.2, 0) is 29.0 Å². The summed E-state index contributed by atoms with van der Waals surface area (Å²) in [5, 5.41) is 12.0. The summed E-state index contributed by atoms with van der Waals surface area (Å²) in [6, 6.07) is 16.0. The quantitative estimate of drug-likeness (QED) is 0.142. The van der Waals surface area contributed by atoms with Gasteiger partial charge in [-0.3, -0.25) is 18.4 Å². The summed E-state index contributed by atoms with van der Waals surface area (Å²) < 4.78 is 56.7. The maximum atomic E-state index is 16.3. The number of nitrogen functional groups attached to an aromatic ring is 1. The second-order valence-corrected chi connectivity index (χ2v) is 12.4. The number of nitrogens with two attached hydrogens (primary N) is 1. The summed E-state index contributed by atoms with van der Waals surface area (Å²) in [4.78, 5) is 43.7. The van der Waals surface area contributed by atoms with E-state index in [4.69, 9.17) is 5.73 Å². The average molecular weight is 690 g/mol. The van der Waals surface area contributed by atoms with Crippen LogP contribution in [-0.4, -0.2) is 47.9 Å². The van der Waals surface area contributed by atoms with Crippen molar-refractivity contribution in [1.29, 1.82) is 0 Å². The van der Waals surface area contributed by atoms with E-state index in [-0.39, 0.29) is 29.3 Å². The Morgan fingerprint density at radius 1 is 1.04 bits per heavy atom. The number of hydrogen-bond acceptors (Lipinski definition) is 6. The molecule has 49 heavy (non-hydrogen) atoms. The molecule has 5 N–H and O–H groups in total. The summed E-state index contributed by atoms with van der Waals surface area (Å²) in [7, 11) is 0. The molecular weight excluding hydrogens is 656 g/mol. The molecule has 14 heteroatoms. The molecule has 0 spiro atoms. The van der Waals surface area contributed by atoms with Gasteiger partial charge in [0.05, 0.1) is 34.4 Å². The van der Waals surface area contributed by atoms with Crippen LogP contribution >= 0.6 is 0 Å². The van der Waals surface area contributed by atoms with Crippen molar-refractivity contribution >= 4 is 45.6 Å². The third-order valence-corrected chi connectivity index (χ3v) is 8.83. The summed E-state index contributed by atoms with van der Waals surface area (Å²) in [6.07, 6.45) is 1.47. The summed E-state index contributed by atoms with van der Waals surface area (Å²) >= 11 is -2.82. The molecule has 5 aromatic rings. The number of rotatable bonds is 11. The largest absolute Gasteiger partial charge is 0.480 e. The number of carbonyl (C=O) groups is 2. The van der Waals surface area contributed by atoms with Crippen LogP contribution in [0.3, 0.4) is 0 Å². The number of carboxylic acid groups (broad SMARTS) is 1. The van der Waals surface area contributed by atoms with Gasteiger partial charge in [-0.1, -0.05) is 54.1 Å². The Morgan fingerprint density at radius 3 is 2.33 bits per heavy atom. The predicted molar refractivity (Wildman–Crippen MR) is 184 cm³/mol. The van der Waals surface area contributed by atoms with Gasteiger partial charge in [-0.25, -0.2) is 22.8 Å². The zero-order valence-corrected chi connectivity index (χ0v) is 27.6. The molecule has 0 bridgehead atoms. The van der Waals surface area contributed by atoms with Gasteiger partial charge in [0, 0.05) is 12.7 Å².